The number of thiol groups is 1. The number of hydrogen-bond acceptors (Lipinski definition) is 1. The van der Waals surface area contributed by atoms with E-state index in [1.807, 2.05) is 26.8 Å². The molecule has 1 aliphatic carbocycles. The van der Waals surface area contributed by atoms with Gasteiger partial charge in [0.25, 0.3) is 0 Å². The lowest BCUT2D eigenvalue weighted by Gasteiger charge is -2.11. The van der Waals surface area contributed by atoms with Gasteiger partial charge in [0.2, 0.25) is 0 Å². The molecule has 1 heteroatoms. The van der Waals surface area contributed by atoms with Crippen LogP contribution in [0.15, 0.2) is 82.8 Å². The van der Waals surface area contributed by atoms with Crippen molar-refractivity contribution in [2.24, 2.45) is 17.8 Å². The van der Waals surface area contributed by atoms with Gasteiger partial charge in [-0.3, -0.25) is 0 Å². The molecule has 42 heavy (non-hydrogen) atoms. The fraction of sp³-hybridized carbons (Fsp3) is 0.610. The molecule has 244 valence electrons. The van der Waals surface area contributed by atoms with Crippen LogP contribution >= 0.6 is 12.6 Å². The Hall–Kier alpha value is -1.73. The van der Waals surface area contributed by atoms with E-state index in [1.165, 1.54) is 60.8 Å². The van der Waals surface area contributed by atoms with E-state index in [0.29, 0.717) is 5.92 Å². The highest BCUT2D eigenvalue weighted by molar-refractivity contribution is 7.83. The van der Waals surface area contributed by atoms with Crippen molar-refractivity contribution in [3.8, 4) is 0 Å². The number of hydrogen-bond donors (Lipinski definition) is 1. The Labute approximate surface area is 272 Å². The maximum absolute atomic E-state index is 4.04. The van der Waals surface area contributed by atoms with E-state index in [-0.39, 0.29) is 0 Å². The quantitative estimate of drug-likeness (QED) is 0.172. The first-order chi connectivity index (χ1) is 19.9. The second-order valence-corrected chi connectivity index (χ2v) is 11.6. The zero-order chi connectivity index (χ0) is 33.3. The molecule has 0 bridgehead atoms. The van der Waals surface area contributed by atoms with E-state index in [4.69, 9.17) is 0 Å². The molecule has 2 atom stereocenters. The summed E-state index contributed by atoms with van der Waals surface area (Å²) in [6.45, 7) is 32.5. The van der Waals surface area contributed by atoms with Gasteiger partial charge in [-0.25, -0.2) is 0 Å². The lowest BCUT2D eigenvalue weighted by molar-refractivity contribution is 0.509. The van der Waals surface area contributed by atoms with Crippen LogP contribution in [-0.2, 0) is 0 Å². The van der Waals surface area contributed by atoms with Crippen molar-refractivity contribution in [2.75, 3.05) is 0 Å². The molecule has 0 amide bonds. The van der Waals surface area contributed by atoms with Crippen molar-refractivity contribution < 1.29 is 0 Å². The molecule has 1 aliphatic rings. The lowest BCUT2D eigenvalue weighted by Crippen LogP contribution is -1.95. The molecule has 0 fully saturated rings. The second kappa shape index (κ2) is 35.5. The second-order valence-electron chi connectivity index (χ2n) is 11.3. The van der Waals surface area contributed by atoms with Gasteiger partial charge in [-0.1, -0.05) is 177 Å². The minimum absolute atomic E-state index is 0.694. The molecule has 0 aliphatic heterocycles. The van der Waals surface area contributed by atoms with Gasteiger partial charge < -0.3 is 0 Å². The summed E-state index contributed by atoms with van der Waals surface area (Å²) in [4.78, 5) is 0. The van der Waals surface area contributed by atoms with Crippen LogP contribution in [0.3, 0.4) is 0 Å². The van der Waals surface area contributed by atoms with Gasteiger partial charge in [-0.2, -0.15) is 12.6 Å². The SMILES string of the molecule is C/C=C\CC.CC.CC(C)C1=CC=CCC1.CCC(C)/C(C)=C(C)\C=C/S.CCCC(C)CC.Cc1ccc(C)cc1. The molecule has 1 aromatic carbocycles. The van der Waals surface area contributed by atoms with Crippen molar-refractivity contribution >= 4 is 12.6 Å². The average molecular weight is 599 g/mol. The Kier molecular flexibility index (Phi) is 39.9. The van der Waals surface area contributed by atoms with Crippen LogP contribution in [0.5, 0.6) is 0 Å². The molecule has 0 N–H and O–H groups in total. The van der Waals surface area contributed by atoms with E-state index >= 15 is 0 Å². The van der Waals surface area contributed by atoms with Gasteiger partial charge in [0.1, 0.15) is 0 Å². The standard InChI is InChI=1S/C10H18S.C9H14.C8H10.C7H16.C5H10.C2H6/c1-5-8(2)10(4)9(3)6-7-11;1-8(2)9-6-4-3-5-7-9;1-7-3-5-8(2)6-4-7;1-4-6-7(3)5-2;1-3-5-4-2;1-2/h6-8,11H,5H2,1-4H3;3-4,6,8H,5,7H2,1-2H3;3-6H,1-2H3;7H,4-6H2,1-3H3;3,5H,4H2,1-2H3;1-2H3/b7-6-,10-9-;;;;5-3-;. The first-order valence-corrected chi connectivity index (χ1v) is 17.4. The van der Waals surface area contributed by atoms with Gasteiger partial charge in [-0.15, -0.1) is 0 Å². The highest BCUT2D eigenvalue weighted by Gasteiger charge is 2.03. The summed E-state index contributed by atoms with van der Waals surface area (Å²) in [5.41, 5.74) is 7.07. The van der Waals surface area contributed by atoms with Crippen molar-refractivity contribution in [1.82, 2.24) is 0 Å². The van der Waals surface area contributed by atoms with Gasteiger partial charge in [0, 0.05) is 0 Å². The minimum atomic E-state index is 0.694. The molecule has 1 aromatic rings. The van der Waals surface area contributed by atoms with E-state index in [2.05, 4.69) is 150 Å². The summed E-state index contributed by atoms with van der Waals surface area (Å²) >= 11 is 4.04. The Morgan fingerprint density at radius 2 is 1.40 bits per heavy atom. The summed E-state index contributed by atoms with van der Waals surface area (Å²) in [6.07, 6.45) is 21.8. The van der Waals surface area contributed by atoms with Crippen molar-refractivity contribution in [3.63, 3.8) is 0 Å². The molecule has 0 aromatic heterocycles. The number of aryl methyl sites for hydroxylation is 2. The fourth-order valence-corrected chi connectivity index (χ4v) is 3.83. The zero-order valence-electron chi connectivity index (χ0n) is 31.0. The predicted molar refractivity (Wildman–Crippen MR) is 204 cm³/mol. The molecule has 0 spiro atoms. The molecule has 0 nitrogen and oxygen atoms in total. The van der Waals surface area contributed by atoms with Crippen molar-refractivity contribution in [1.29, 1.82) is 0 Å². The molecule has 0 saturated heterocycles. The molecule has 0 heterocycles. The van der Waals surface area contributed by atoms with Crippen molar-refractivity contribution in [2.45, 2.75) is 149 Å². The van der Waals surface area contributed by atoms with Gasteiger partial charge >= 0.3 is 0 Å². The highest BCUT2D eigenvalue weighted by Crippen LogP contribution is 2.19. The summed E-state index contributed by atoms with van der Waals surface area (Å²) in [6, 6.07) is 8.48. The van der Waals surface area contributed by atoms with Crippen LogP contribution in [0, 0.1) is 31.6 Å². The summed E-state index contributed by atoms with van der Waals surface area (Å²) in [5, 5.41) is 1.79. The van der Waals surface area contributed by atoms with Crippen LogP contribution in [0.25, 0.3) is 0 Å². The Bertz CT molecular complexity index is 809. The smallest absolute Gasteiger partial charge is 0.0231 e. The first kappa shape index (κ1) is 47.2. The lowest BCUT2D eigenvalue weighted by atomic mass is 9.95. The van der Waals surface area contributed by atoms with E-state index in [1.54, 1.807) is 11.0 Å². The monoisotopic (exact) mass is 599 g/mol. The first-order valence-electron chi connectivity index (χ1n) is 16.9. The molecule has 2 unspecified atom stereocenters. The van der Waals surface area contributed by atoms with Gasteiger partial charge in [0.15, 0.2) is 0 Å². The molecule has 2 rings (SSSR count). The van der Waals surface area contributed by atoms with E-state index in [0.717, 1.165) is 18.3 Å². The van der Waals surface area contributed by atoms with Crippen LogP contribution in [0.2, 0.25) is 0 Å². The molecule has 0 saturated carbocycles. The molecule has 0 radical (unpaired) electrons. The highest BCUT2D eigenvalue weighted by atomic mass is 32.1. The maximum Gasteiger partial charge on any atom is -0.0231 e. The predicted octanol–water partition coefficient (Wildman–Crippen LogP) is 14.9. The number of rotatable bonds is 8. The average Bonchev–Trinajstić information content (AvgIpc) is 3.01. The Morgan fingerprint density at radius 3 is 1.64 bits per heavy atom. The Morgan fingerprint density at radius 1 is 0.881 bits per heavy atom. The van der Waals surface area contributed by atoms with E-state index < -0.39 is 0 Å². The summed E-state index contributed by atoms with van der Waals surface area (Å²) in [7, 11) is 0. The molecular formula is C41H74S. The van der Waals surface area contributed by atoms with E-state index in [9.17, 15) is 0 Å². The van der Waals surface area contributed by atoms with Gasteiger partial charge in [0.05, 0.1) is 0 Å². The largest absolute Gasteiger partial charge is 0.151 e. The Balaban J connectivity index is -0.000000216. The fourth-order valence-electron chi connectivity index (χ4n) is 3.61. The van der Waals surface area contributed by atoms with Crippen LogP contribution in [0.4, 0.5) is 0 Å². The normalized spacial score (nSPS) is 13.8. The summed E-state index contributed by atoms with van der Waals surface area (Å²) in [5.74, 6) is 2.39. The summed E-state index contributed by atoms with van der Waals surface area (Å²) < 4.78 is 0. The third kappa shape index (κ3) is 32.8. The van der Waals surface area contributed by atoms with Crippen LogP contribution in [0.1, 0.15) is 146 Å². The third-order valence-electron chi connectivity index (χ3n) is 7.25. The topological polar surface area (TPSA) is 0 Å². The van der Waals surface area contributed by atoms with Gasteiger partial charge in [-0.05, 0) is 83.5 Å². The number of allylic oxidation sites excluding steroid dienone is 9. The zero-order valence-corrected chi connectivity index (χ0v) is 31.9. The minimum Gasteiger partial charge on any atom is -0.151 e. The third-order valence-corrected chi connectivity index (χ3v) is 7.40. The van der Waals surface area contributed by atoms with Crippen LogP contribution in [-0.4, -0.2) is 0 Å². The molecular weight excluding hydrogens is 525 g/mol. The number of benzene rings is 1. The van der Waals surface area contributed by atoms with Crippen molar-refractivity contribution in [3.05, 3.63) is 94.0 Å². The van der Waals surface area contributed by atoms with Crippen LogP contribution < -0.4 is 0 Å². The maximum atomic E-state index is 4.04.